The second kappa shape index (κ2) is 8.37. The van der Waals surface area contributed by atoms with Crippen LogP contribution in [0, 0.1) is 29.3 Å². The molecule has 0 bridgehead atoms. The maximum Gasteiger partial charge on any atom is 0.166 e. The summed E-state index contributed by atoms with van der Waals surface area (Å²) in [6, 6.07) is 14.1. The van der Waals surface area contributed by atoms with Crippen molar-refractivity contribution in [2.24, 2.45) is 5.92 Å². The van der Waals surface area contributed by atoms with Gasteiger partial charge in [0.2, 0.25) is 0 Å². The molecule has 0 amide bonds. The zero-order valence-electron chi connectivity index (χ0n) is 15.8. The van der Waals surface area contributed by atoms with E-state index in [-0.39, 0.29) is 0 Å². The highest BCUT2D eigenvalue weighted by molar-refractivity contribution is 7.71. The van der Waals surface area contributed by atoms with Crippen molar-refractivity contribution in [3.05, 3.63) is 82.1 Å². The van der Waals surface area contributed by atoms with Crippen LogP contribution in [0.2, 0.25) is 0 Å². The fourth-order valence-electron chi connectivity index (χ4n) is 2.83. The first-order valence-electron chi connectivity index (χ1n) is 9.38. The van der Waals surface area contributed by atoms with Crippen LogP contribution in [-0.4, -0.2) is 14.5 Å². The topological polar surface area (TPSA) is 39.9 Å². The maximum absolute atomic E-state index is 5.81. The number of nitrogens with zero attached hydrogens (tertiary/aromatic N) is 3. The standard InChI is InChI=1S/C23H21N3OS/c1-17-13-21(27-16-22-24-11-2-12-25-22)14-23(28)26(17)15-20-9-7-19(8-10-20)6-5-18-3-4-18/h2,7-14,18H,3-4,15-16H2,1H3. The molecule has 2 aromatic heterocycles. The normalized spacial score (nSPS) is 12.9. The molecule has 1 saturated carbocycles. The maximum atomic E-state index is 5.81. The number of pyridine rings is 1. The molecular weight excluding hydrogens is 366 g/mol. The molecule has 0 saturated heterocycles. The van der Waals surface area contributed by atoms with E-state index in [0.717, 1.165) is 28.2 Å². The van der Waals surface area contributed by atoms with Crippen LogP contribution in [0.5, 0.6) is 5.75 Å². The monoisotopic (exact) mass is 387 g/mol. The van der Waals surface area contributed by atoms with Crippen LogP contribution in [0.25, 0.3) is 0 Å². The molecule has 0 radical (unpaired) electrons. The van der Waals surface area contributed by atoms with Gasteiger partial charge in [-0.25, -0.2) is 9.97 Å². The molecule has 5 heteroatoms. The van der Waals surface area contributed by atoms with Crippen molar-refractivity contribution in [2.75, 3.05) is 0 Å². The third-order valence-corrected chi connectivity index (χ3v) is 4.93. The summed E-state index contributed by atoms with van der Waals surface area (Å²) in [5.74, 6) is 8.55. The Morgan fingerprint density at radius 1 is 1.14 bits per heavy atom. The Kier molecular flexibility index (Phi) is 5.50. The minimum Gasteiger partial charge on any atom is -0.485 e. The van der Waals surface area contributed by atoms with E-state index in [2.05, 4.69) is 50.6 Å². The van der Waals surface area contributed by atoms with Crippen molar-refractivity contribution in [1.29, 1.82) is 0 Å². The van der Waals surface area contributed by atoms with E-state index in [0.29, 0.717) is 18.3 Å². The van der Waals surface area contributed by atoms with Gasteiger partial charge in [0.15, 0.2) is 5.82 Å². The van der Waals surface area contributed by atoms with Gasteiger partial charge in [-0.3, -0.25) is 0 Å². The number of hydrogen-bond donors (Lipinski definition) is 0. The summed E-state index contributed by atoms with van der Waals surface area (Å²) < 4.78 is 8.65. The molecule has 140 valence electrons. The van der Waals surface area contributed by atoms with E-state index >= 15 is 0 Å². The predicted molar refractivity (Wildman–Crippen MR) is 112 cm³/mol. The molecule has 3 aromatic rings. The van der Waals surface area contributed by atoms with E-state index in [1.165, 1.54) is 18.4 Å². The minimum atomic E-state index is 0.322. The minimum absolute atomic E-state index is 0.322. The summed E-state index contributed by atoms with van der Waals surface area (Å²) in [4.78, 5) is 8.34. The van der Waals surface area contributed by atoms with E-state index < -0.39 is 0 Å². The fourth-order valence-corrected chi connectivity index (χ4v) is 3.15. The molecule has 1 aliphatic carbocycles. The molecule has 0 N–H and O–H groups in total. The number of aryl methyl sites for hydroxylation is 1. The molecule has 0 atom stereocenters. The third-order valence-electron chi connectivity index (χ3n) is 4.59. The lowest BCUT2D eigenvalue weighted by molar-refractivity contribution is 0.294. The first kappa shape index (κ1) is 18.4. The predicted octanol–water partition coefficient (Wildman–Crippen LogP) is 4.70. The Balaban J connectivity index is 1.44. The van der Waals surface area contributed by atoms with Crippen molar-refractivity contribution in [3.8, 4) is 17.6 Å². The first-order valence-corrected chi connectivity index (χ1v) is 9.79. The van der Waals surface area contributed by atoms with Crippen molar-refractivity contribution >= 4 is 12.2 Å². The van der Waals surface area contributed by atoms with Crippen LogP contribution in [0.15, 0.2) is 54.9 Å². The molecule has 0 aliphatic heterocycles. The smallest absolute Gasteiger partial charge is 0.166 e. The van der Waals surface area contributed by atoms with Crippen LogP contribution in [0.1, 0.15) is 35.5 Å². The Morgan fingerprint density at radius 3 is 2.57 bits per heavy atom. The van der Waals surface area contributed by atoms with E-state index in [1.54, 1.807) is 18.5 Å². The van der Waals surface area contributed by atoms with Crippen LogP contribution in [0.3, 0.4) is 0 Å². The summed E-state index contributed by atoms with van der Waals surface area (Å²) >= 11 is 5.59. The summed E-state index contributed by atoms with van der Waals surface area (Å²) in [6.45, 7) is 3.09. The summed E-state index contributed by atoms with van der Waals surface area (Å²) in [5, 5.41) is 0. The summed E-state index contributed by atoms with van der Waals surface area (Å²) in [5.41, 5.74) is 3.32. The summed E-state index contributed by atoms with van der Waals surface area (Å²) in [7, 11) is 0. The zero-order chi connectivity index (χ0) is 19.3. The van der Waals surface area contributed by atoms with Gasteiger partial charge in [0.25, 0.3) is 0 Å². The third kappa shape index (κ3) is 4.85. The molecular formula is C23H21N3OS. The summed E-state index contributed by atoms with van der Waals surface area (Å²) in [6.07, 6.45) is 5.91. The van der Waals surface area contributed by atoms with Crippen LogP contribution >= 0.6 is 12.2 Å². The van der Waals surface area contributed by atoms with E-state index in [9.17, 15) is 0 Å². The highest BCUT2D eigenvalue weighted by atomic mass is 32.1. The number of ether oxygens (including phenoxy) is 1. The van der Waals surface area contributed by atoms with Gasteiger partial charge < -0.3 is 9.30 Å². The van der Waals surface area contributed by atoms with Gasteiger partial charge in [-0.2, -0.15) is 0 Å². The van der Waals surface area contributed by atoms with Crippen molar-refractivity contribution < 1.29 is 4.74 Å². The molecule has 4 nitrogen and oxygen atoms in total. The van der Waals surface area contributed by atoms with Gasteiger partial charge >= 0.3 is 0 Å². The van der Waals surface area contributed by atoms with E-state index in [1.807, 2.05) is 19.1 Å². The molecule has 2 heterocycles. The Labute approximate surface area is 170 Å². The SMILES string of the molecule is Cc1cc(OCc2ncccn2)cc(=S)n1Cc1ccc(C#CC2CC2)cc1. The van der Waals surface area contributed by atoms with E-state index in [4.69, 9.17) is 17.0 Å². The van der Waals surface area contributed by atoms with Crippen molar-refractivity contribution in [1.82, 2.24) is 14.5 Å². The Hall–Kier alpha value is -2.97. The van der Waals surface area contributed by atoms with Gasteiger partial charge in [0, 0.05) is 42.2 Å². The molecule has 1 aromatic carbocycles. The molecule has 4 rings (SSSR count). The molecule has 0 spiro atoms. The van der Waals surface area contributed by atoms with Crippen LogP contribution in [-0.2, 0) is 13.2 Å². The van der Waals surface area contributed by atoms with Gasteiger partial charge in [-0.05, 0) is 49.6 Å². The second-order valence-corrected chi connectivity index (χ2v) is 7.37. The highest BCUT2D eigenvalue weighted by Crippen LogP contribution is 2.27. The molecule has 0 unspecified atom stereocenters. The van der Waals surface area contributed by atoms with Crippen molar-refractivity contribution in [3.63, 3.8) is 0 Å². The average Bonchev–Trinajstić information content (AvgIpc) is 3.54. The van der Waals surface area contributed by atoms with Crippen molar-refractivity contribution in [2.45, 2.75) is 32.9 Å². The Bertz CT molecular complexity index is 1070. The molecule has 28 heavy (non-hydrogen) atoms. The lowest BCUT2D eigenvalue weighted by Gasteiger charge is -2.14. The van der Waals surface area contributed by atoms with Gasteiger partial charge in [0.05, 0.1) is 0 Å². The number of benzene rings is 1. The van der Waals surface area contributed by atoms with Gasteiger partial charge in [-0.15, -0.1) is 0 Å². The number of hydrogen-bond acceptors (Lipinski definition) is 4. The lowest BCUT2D eigenvalue weighted by Crippen LogP contribution is -2.07. The van der Waals surface area contributed by atoms with Gasteiger partial charge in [0.1, 0.15) is 17.0 Å². The molecule has 1 fully saturated rings. The quantitative estimate of drug-likeness (QED) is 0.470. The fraction of sp³-hybridized carbons (Fsp3) is 0.261. The number of rotatable bonds is 5. The zero-order valence-corrected chi connectivity index (χ0v) is 16.6. The lowest BCUT2D eigenvalue weighted by atomic mass is 10.1. The largest absolute Gasteiger partial charge is 0.485 e. The highest BCUT2D eigenvalue weighted by Gasteiger charge is 2.17. The van der Waals surface area contributed by atoms with Crippen LogP contribution in [0.4, 0.5) is 0 Å². The number of aromatic nitrogens is 3. The Morgan fingerprint density at radius 2 is 1.89 bits per heavy atom. The molecule has 1 aliphatic rings. The second-order valence-electron chi connectivity index (χ2n) is 6.95. The average molecular weight is 388 g/mol. The van der Waals surface area contributed by atoms with Crippen LogP contribution < -0.4 is 4.74 Å². The first-order chi connectivity index (χ1) is 13.7. The van der Waals surface area contributed by atoms with Gasteiger partial charge in [-0.1, -0.05) is 36.2 Å².